The van der Waals surface area contributed by atoms with Crippen LogP contribution in [0.25, 0.3) is 11.3 Å². The maximum atomic E-state index is 12.7. The largest absolute Gasteiger partial charge is 0.481 e. The molecule has 0 saturated heterocycles. The van der Waals surface area contributed by atoms with Crippen LogP contribution in [0, 0.1) is 0 Å². The zero-order chi connectivity index (χ0) is 15.6. The van der Waals surface area contributed by atoms with Crippen molar-refractivity contribution in [1.29, 1.82) is 0 Å². The monoisotopic (exact) mass is 315 g/mol. The van der Waals surface area contributed by atoms with Crippen LogP contribution < -0.4 is 0 Å². The summed E-state index contributed by atoms with van der Waals surface area (Å²) in [5.74, 6) is -1.06. The molecule has 0 bridgehead atoms. The van der Waals surface area contributed by atoms with E-state index in [0.717, 1.165) is 12.1 Å². The number of halogens is 4. The van der Waals surface area contributed by atoms with Gasteiger partial charge in [0.2, 0.25) is 0 Å². The Bertz CT molecular complexity index is 686. The lowest BCUT2D eigenvalue weighted by molar-refractivity contribution is -0.138. The van der Waals surface area contributed by atoms with Crippen LogP contribution >= 0.6 is 11.6 Å². The molecule has 0 aliphatic rings. The average molecular weight is 316 g/mol. The van der Waals surface area contributed by atoms with Crippen LogP contribution in [0.4, 0.5) is 13.2 Å². The Morgan fingerprint density at radius 1 is 1.24 bits per heavy atom. The van der Waals surface area contributed by atoms with Gasteiger partial charge in [0, 0.05) is 11.1 Å². The van der Waals surface area contributed by atoms with Crippen LogP contribution in [-0.2, 0) is 17.4 Å². The van der Waals surface area contributed by atoms with Gasteiger partial charge >= 0.3 is 12.1 Å². The lowest BCUT2D eigenvalue weighted by Gasteiger charge is -2.09. The first-order chi connectivity index (χ1) is 9.77. The van der Waals surface area contributed by atoms with Gasteiger partial charge in [-0.1, -0.05) is 29.8 Å². The van der Waals surface area contributed by atoms with E-state index in [1.165, 1.54) is 24.3 Å². The molecule has 1 aromatic carbocycles. The molecule has 0 aliphatic heterocycles. The fourth-order valence-electron chi connectivity index (χ4n) is 1.77. The third-order valence-corrected chi connectivity index (χ3v) is 3.08. The predicted octanol–water partition coefficient (Wildman–Crippen LogP) is 4.05. The summed E-state index contributed by atoms with van der Waals surface area (Å²) in [6.07, 6.45) is -4.74. The molecule has 21 heavy (non-hydrogen) atoms. The Labute approximate surface area is 123 Å². The van der Waals surface area contributed by atoms with Gasteiger partial charge in [0.25, 0.3) is 0 Å². The van der Waals surface area contributed by atoms with Gasteiger partial charge in [-0.3, -0.25) is 4.79 Å². The molecule has 0 amide bonds. The van der Waals surface area contributed by atoms with Crippen molar-refractivity contribution >= 4 is 17.6 Å². The maximum absolute atomic E-state index is 12.7. The summed E-state index contributed by atoms with van der Waals surface area (Å²) in [6.45, 7) is 0. The first-order valence-electron chi connectivity index (χ1n) is 5.82. The first-order valence-corrected chi connectivity index (χ1v) is 6.20. The molecule has 0 fully saturated rings. The molecule has 0 aliphatic carbocycles. The minimum atomic E-state index is -4.44. The second kappa shape index (κ2) is 5.73. The number of aliphatic carboxylic acids is 1. The van der Waals surface area contributed by atoms with Gasteiger partial charge < -0.3 is 5.11 Å². The van der Waals surface area contributed by atoms with Gasteiger partial charge in [-0.2, -0.15) is 13.2 Å². The summed E-state index contributed by atoms with van der Waals surface area (Å²) in [6, 6.07) is 7.57. The second-order valence-electron chi connectivity index (χ2n) is 4.30. The summed E-state index contributed by atoms with van der Waals surface area (Å²) in [7, 11) is 0. The number of carbonyl (C=O) groups is 1. The van der Waals surface area contributed by atoms with Crippen LogP contribution in [0.3, 0.4) is 0 Å². The van der Waals surface area contributed by atoms with Crippen molar-refractivity contribution in [2.24, 2.45) is 0 Å². The molecule has 0 spiro atoms. The summed E-state index contributed by atoms with van der Waals surface area (Å²) < 4.78 is 38.0. The Morgan fingerprint density at radius 2 is 1.95 bits per heavy atom. The zero-order valence-corrected chi connectivity index (χ0v) is 11.2. The fourth-order valence-corrected chi connectivity index (χ4v) is 1.99. The van der Waals surface area contributed by atoms with Crippen molar-refractivity contribution in [3.8, 4) is 11.3 Å². The summed E-state index contributed by atoms with van der Waals surface area (Å²) >= 11 is 5.86. The number of aromatic nitrogens is 1. The van der Waals surface area contributed by atoms with E-state index < -0.39 is 17.7 Å². The Morgan fingerprint density at radius 3 is 2.52 bits per heavy atom. The van der Waals surface area contributed by atoms with E-state index in [4.69, 9.17) is 16.7 Å². The Balaban J connectivity index is 2.39. The number of hydrogen-bond donors (Lipinski definition) is 1. The van der Waals surface area contributed by atoms with Gasteiger partial charge in [0.1, 0.15) is 5.15 Å². The molecule has 0 unspecified atom stereocenters. The molecule has 0 atom stereocenters. The van der Waals surface area contributed by atoms with Gasteiger partial charge in [0.05, 0.1) is 17.7 Å². The molecule has 1 N–H and O–H groups in total. The summed E-state index contributed by atoms with van der Waals surface area (Å²) in [4.78, 5) is 14.6. The number of alkyl halides is 3. The van der Waals surface area contributed by atoms with Gasteiger partial charge in [-0.25, -0.2) is 4.98 Å². The molecule has 1 heterocycles. The summed E-state index contributed by atoms with van der Waals surface area (Å²) in [5, 5.41) is 8.66. The van der Waals surface area contributed by atoms with Gasteiger partial charge in [-0.05, 0) is 18.2 Å². The Hall–Kier alpha value is -2.08. The van der Waals surface area contributed by atoms with Crippen LogP contribution in [0.15, 0.2) is 36.4 Å². The number of carboxylic acids is 1. The second-order valence-corrected chi connectivity index (χ2v) is 4.65. The minimum absolute atomic E-state index is 0.0349. The molecule has 0 radical (unpaired) electrons. The van der Waals surface area contributed by atoms with Crippen molar-refractivity contribution in [3.63, 3.8) is 0 Å². The lowest BCUT2D eigenvalue weighted by atomic mass is 10.1. The van der Waals surface area contributed by atoms with Crippen LogP contribution in [0.5, 0.6) is 0 Å². The highest BCUT2D eigenvalue weighted by atomic mass is 35.5. The van der Waals surface area contributed by atoms with E-state index in [0.29, 0.717) is 5.56 Å². The smallest absolute Gasteiger partial charge is 0.416 e. The highest BCUT2D eigenvalue weighted by molar-refractivity contribution is 6.30. The van der Waals surface area contributed by atoms with E-state index in [9.17, 15) is 18.0 Å². The predicted molar refractivity (Wildman–Crippen MR) is 71.0 cm³/mol. The number of nitrogens with zero attached hydrogens (tertiary/aromatic N) is 1. The maximum Gasteiger partial charge on any atom is 0.416 e. The molecule has 2 rings (SSSR count). The zero-order valence-electron chi connectivity index (χ0n) is 10.5. The third kappa shape index (κ3) is 3.72. The van der Waals surface area contributed by atoms with Crippen molar-refractivity contribution in [2.45, 2.75) is 12.6 Å². The molecule has 2 aromatic rings. The lowest BCUT2D eigenvalue weighted by Crippen LogP contribution is -2.05. The molecule has 1 aromatic heterocycles. The number of pyridine rings is 1. The van der Waals surface area contributed by atoms with Crippen LogP contribution in [-0.4, -0.2) is 16.1 Å². The van der Waals surface area contributed by atoms with Gasteiger partial charge in [0.15, 0.2) is 0 Å². The van der Waals surface area contributed by atoms with Crippen molar-refractivity contribution in [3.05, 3.63) is 52.7 Å². The van der Waals surface area contributed by atoms with Crippen molar-refractivity contribution in [2.75, 3.05) is 0 Å². The Kier molecular flexibility index (Phi) is 4.18. The number of benzene rings is 1. The third-order valence-electron chi connectivity index (χ3n) is 2.75. The van der Waals surface area contributed by atoms with E-state index in [-0.39, 0.29) is 22.8 Å². The average Bonchev–Trinajstić information content (AvgIpc) is 2.40. The van der Waals surface area contributed by atoms with Crippen molar-refractivity contribution in [1.82, 2.24) is 4.98 Å². The SMILES string of the molecule is O=C(O)Cc1ccc(-c2cccc(C(F)(F)F)c2)nc1Cl. The number of carboxylic acid groups (broad SMARTS) is 1. The van der Waals surface area contributed by atoms with Crippen LogP contribution in [0.2, 0.25) is 5.15 Å². The van der Waals surface area contributed by atoms with Gasteiger partial charge in [-0.15, -0.1) is 0 Å². The highest BCUT2D eigenvalue weighted by Crippen LogP contribution is 2.32. The van der Waals surface area contributed by atoms with E-state index >= 15 is 0 Å². The molecule has 7 heteroatoms. The van der Waals surface area contributed by atoms with Crippen molar-refractivity contribution < 1.29 is 23.1 Å². The first kappa shape index (κ1) is 15.3. The highest BCUT2D eigenvalue weighted by Gasteiger charge is 2.30. The molecule has 0 saturated carbocycles. The topological polar surface area (TPSA) is 50.2 Å². The van der Waals surface area contributed by atoms with E-state index in [1.54, 1.807) is 0 Å². The molecular weight excluding hydrogens is 307 g/mol. The normalized spacial score (nSPS) is 11.4. The number of hydrogen-bond acceptors (Lipinski definition) is 2. The van der Waals surface area contributed by atoms with E-state index in [2.05, 4.69) is 4.98 Å². The minimum Gasteiger partial charge on any atom is -0.481 e. The fraction of sp³-hybridized carbons (Fsp3) is 0.143. The standard InChI is InChI=1S/C14H9ClF3NO2/c15-13-9(7-12(20)21)4-5-11(19-13)8-2-1-3-10(6-8)14(16,17)18/h1-6H,7H2,(H,20,21). The quantitative estimate of drug-likeness (QED) is 0.869. The molecule has 3 nitrogen and oxygen atoms in total. The molecule has 110 valence electrons. The number of rotatable bonds is 3. The summed E-state index contributed by atoms with van der Waals surface area (Å²) in [5.41, 5.74) is 0.0290. The molecular formula is C14H9ClF3NO2. The van der Waals surface area contributed by atoms with E-state index in [1.807, 2.05) is 0 Å². The van der Waals surface area contributed by atoms with Crippen LogP contribution in [0.1, 0.15) is 11.1 Å².